The van der Waals surface area contributed by atoms with Gasteiger partial charge in [0.15, 0.2) is 5.82 Å². The summed E-state index contributed by atoms with van der Waals surface area (Å²) >= 11 is 12.6. The lowest BCUT2D eigenvalue weighted by molar-refractivity contribution is 0.0675. The molecule has 168 valence electrons. The van der Waals surface area contributed by atoms with Crippen LogP contribution in [-0.4, -0.2) is 59.7 Å². The molecule has 4 rings (SSSR count). The summed E-state index contributed by atoms with van der Waals surface area (Å²) in [6.45, 7) is 6.57. The molecule has 1 aromatic carbocycles. The number of likely N-dealkylation sites (tertiary alicyclic amines) is 1. The Hall–Kier alpha value is -1.44. The van der Waals surface area contributed by atoms with Gasteiger partial charge in [-0.25, -0.2) is 9.97 Å². The van der Waals surface area contributed by atoms with Crippen molar-refractivity contribution in [2.45, 2.75) is 32.8 Å². The van der Waals surface area contributed by atoms with Crippen LogP contribution in [0.3, 0.4) is 0 Å². The van der Waals surface area contributed by atoms with Crippen molar-refractivity contribution < 1.29 is 5.11 Å². The lowest BCUT2D eigenvalue weighted by Gasteiger charge is -2.47. The number of aliphatic hydroxyl groups excluding tert-OH is 1. The molecule has 0 unspecified atom stereocenters. The number of nitrogens with two attached hydrogens (primary N) is 1. The molecule has 1 aromatic heterocycles. The fourth-order valence-corrected chi connectivity index (χ4v) is 5.49. The van der Waals surface area contributed by atoms with Gasteiger partial charge in [-0.05, 0) is 57.2 Å². The molecule has 2 fully saturated rings. The molecule has 0 bridgehead atoms. The molecular formula is C23H31Cl2N5O. The Labute approximate surface area is 194 Å². The normalized spacial score (nSPS) is 19.5. The van der Waals surface area contributed by atoms with E-state index in [0.717, 1.165) is 55.5 Å². The van der Waals surface area contributed by atoms with Crippen LogP contribution in [0.15, 0.2) is 18.2 Å². The molecule has 3 heterocycles. The molecular weight excluding hydrogens is 433 g/mol. The highest BCUT2D eigenvalue weighted by Gasteiger charge is 2.39. The molecule has 2 aliphatic rings. The van der Waals surface area contributed by atoms with Crippen LogP contribution in [-0.2, 0) is 6.61 Å². The van der Waals surface area contributed by atoms with Crippen molar-refractivity contribution in [2.75, 3.05) is 44.7 Å². The van der Waals surface area contributed by atoms with Gasteiger partial charge in [-0.2, -0.15) is 0 Å². The van der Waals surface area contributed by atoms with E-state index < -0.39 is 0 Å². The summed E-state index contributed by atoms with van der Waals surface area (Å²) in [7, 11) is 2.17. The van der Waals surface area contributed by atoms with Gasteiger partial charge < -0.3 is 20.6 Å². The molecule has 0 atom stereocenters. The van der Waals surface area contributed by atoms with Crippen molar-refractivity contribution in [2.24, 2.45) is 17.1 Å². The van der Waals surface area contributed by atoms with Crippen molar-refractivity contribution in [1.29, 1.82) is 0 Å². The second-order valence-electron chi connectivity index (χ2n) is 9.17. The number of aliphatic hydroxyl groups is 1. The Morgan fingerprint density at radius 1 is 1.19 bits per heavy atom. The highest BCUT2D eigenvalue weighted by atomic mass is 35.5. The summed E-state index contributed by atoms with van der Waals surface area (Å²) in [5.74, 6) is 1.52. The predicted molar refractivity (Wildman–Crippen MR) is 127 cm³/mol. The maximum absolute atomic E-state index is 10.1. The molecule has 8 heteroatoms. The van der Waals surface area contributed by atoms with Gasteiger partial charge in [0.05, 0.1) is 28.0 Å². The molecule has 2 aromatic rings. The van der Waals surface area contributed by atoms with Crippen molar-refractivity contribution in [1.82, 2.24) is 14.9 Å². The van der Waals surface area contributed by atoms with E-state index in [2.05, 4.69) is 16.8 Å². The first-order chi connectivity index (χ1) is 14.9. The van der Waals surface area contributed by atoms with Crippen molar-refractivity contribution in [3.63, 3.8) is 0 Å². The van der Waals surface area contributed by atoms with Gasteiger partial charge in [-0.15, -0.1) is 0 Å². The molecule has 6 nitrogen and oxygen atoms in total. The summed E-state index contributed by atoms with van der Waals surface area (Å²) in [6, 6.07) is 5.46. The Balaban J connectivity index is 1.55. The van der Waals surface area contributed by atoms with E-state index in [-0.39, 0.29) is 12.0 Å². The van der Waals surface area contributed by atoms with Gasteiger partial charge in [0, 0.05) is 31.7 Å². The lowest BCUT2D eigenvalue weighted by atomic mass is 9.70. The lowest BCUT2D eigenvalue weighted by Crippen LogP contribution is -2.51. The molecule has 0 radical (unpaired) electrons. The van der Waals surface area contributed by atoms with E-state index in [9.17, 15) is 5.11 Å². The van der Waals surface area contributed by atoms with Crippen LogP contribution in [0.4, 0.5) is 5.82 Å². The number of nitrogens with zero attached hydrogens (tertiary/aromatic N) is 4. The maximum Gasteiger partial charge on any atom is 0.153 e. The summed E-state index contributed by atoms with van der Waals surface area (Å²) in [5, 5.41) is 11.0. The van der Waals surface area contributed by atoms with Crippen LogP contribution in [0.5, 0.6) is 0 Å². The highest BCUT2D eigenvalue weighted by molar-refractivity contribution is 6.43. The Morgan fingerprint density at radius 2 is 1.90 bits per heavy atom. The van der Waals surface area contributed by atoms with E-state index in [0.29, 0.717) is 21.4 Å². The predicted octanol–water partition coefficient (Wildman–Crippen LogP) is 3.75. The maximum atomic E-state index is 10.1. The fourth-order valence-electron chi connectivity index (χ4n) is 5.10. The number of rotatable bonds is 6. The molecule has 2 aliphatic heterocycles. The fraction of sp³-hybridized carbons (Fsp3) is 0.565. The summed E-state index contributed by atoms with van der Waals surface area (Å²) in [4.78, 5) is 14.2. The van der Waals surface area contributed by atoms with E-state index in [1.807, 2.05) is 19.1 Å². The number of halogens is 2. The van der Waals surface area contributed by atoms with E-state index in [1.165, 1.54) is 19.5 Å². The second kappa shape index (κ2) is 9.20. The van der Waals surface area contributed by atoms with Gasteiger partial charge >= 0.3 is 0 Å². The van der Waals surface area contributed by atoms with Gasteiger partial charge in [0.2, 0.25) is 0 Å². The van der Waals surface area contributed by atoms with Gasteiger partial charge in [-0.3, -0.25) is 0 Å². The largest absolute Gasteiger partial charge is 0.390 e. The molecule has 0 saturated carbocycles. The number of anilines is 1. The number of hydrogen-bond donors (Lipinski definition) is 2. The summed E-state index contributed by atoms with van der Waals surface area (Å²) < 4.78 is 0. The third kappa shape index (κ3) is 4.55. The molecule has 0 amide bonds. The third-order valence-electron chi connectivity index (χ3n) is 6.90. The molecule has 2 saturated heterocycles. The SMILES string of the molecule is Cc1nc(N2CCC(CN)(CC3CN(C)C3)CC2)c(CO)nc1-c1cccc(Cl)c1Cl. The first-order valence-electron chi connectivity index (χ1n) is 10.9. The standard InChI is InChI=1S/C23H31Cl2N5O/c1-15-21(17-4-3-5-18(24)20(17)25)28-19(13-31)22(27-15)30-8-6-23(14-26,7-9-30)10-16-11-29(2)12-16/h3-5,16,31H,6-14,26H2,1-2H3. The molecule has 0 spiro atoms. The third-order valence-corrected chi connectivity index (χ3v) is 7.71. The average Bonchev–Trinajstić information content (AvgIpc) is 2.75. The summed E-state index contributed by atoms with van der Waals surface area (Å²) in [5.41, 5.74) is 9.18. The Morgan fingerprint density at radius 3 is 2.52 bits per heavy atom. The van der Waals surface area contributed by atoms with Crippen molar-refractivity contribution >= 4 is 29.0 Å². The molecule has 31 heavy (non-hydrogen) atoms. The van der Waals surface area contributed by atoms with Gasteiger partial charge in [-0.1, -0.05) is 35.3 Å². The first-order valence-corrected chi connectivity index (χ1v) is 11.7. The monoisotopic (exact) mass is 463 g/mol. The van der Waals surface area contributed by atoms with Crippen LogP contribution in [0.1, 0.15) is 30.7 Å². The Kier molecular flexibility index (Phi) is 6.75. The summed E-state index contributed by atoms with van der Waals surface area (Å²) in [6.07, 6.45) is 3.28. The zero-order chi connectivity index (χ0) is 22.2. The number of aryl methyl sites for hydroxylation is 1. The topological polar surface area (TPSA) is 78.5 Å². The number of benzene rings is 1. The second-order valence-corrected chi connectivity index (χ2v) is 9.96. The minimum atomic E-state index is -0.180. The Bertz CT molecular complexity index is 940. The average molecular weight is 464 g/mol. The number of hydrogen-bond acceptors (Lipinski definition) is 6. The minimum Gasteiger partial charge on any atom is -0.390 e. The molecule has 3 N–H and O–H groups in total. The number of piperidine rings is 1. The smallest absolute Gasteiger partial charge is 0.153 e. The number of aromatic nitrogens is 2. The van der Waals surface area contributed by atoms with E-state index in [1.54, 1.807) is 6.07 Å². The van der Waals surface area contributed by atoms with Crippen molar-refractivity contribution in [3.8, 4) is 11.3 Å². The van der Waals surface area contributed by atoms with Crippen LogP contribution < -0.4 is 10.6 Å². The van der Waals surface area contributed by atoms with Crippen LogP contribution in [0, 0.1) is 18.3 Å². The molecule has 0 aliphatic carbocycles. The highest BCUT2D eigenvalue weighted by Crippen LogP contribution is 2.41. The van der Waals surface area contributed by atoms with E-state index >= 15 is 0 Å². The van der Waals surface area contributed by atoms with Crippen molar-refractivity contribution in [3.05, 3.63) is 39.6 Å². The zero-order valence-electron chi connectivity index (χ0n) is 18.2. The van der Waals surface area contributed by atoms with Gasteiger partial charge in [0.25, 0.3) is 0 Å². The van der Waals surface area contributed by atoms with E-state index in [4.69, 9.17) is 38.9 Å². The first kappa shape index (κ1) is 22.7. The quantitative estimate of drug-likeness (QED) is 0.678. The van der Waals surface area contributed by atoms with Crippen LogP contribution in [0.2, 0.25) is 10.0 Å². The van der Waals surface area contributed by atoms with Gasteiger partial charge in [0.1, 0.15) is 5.69 Å². The van der Waals surface area contributed by atoms with Crippen LogP contribution >= 0.6 is 23.2 Å². The van der Waals surface area contributed by atoms with Crippen LogP contribution in [0.25, 0.3) is 11.3 Å². The zero-order valence-corrected chi connectivity index (χ0v) is 19.8. The minimum absolute atomic E-state index is 0.180.